The van der Waals surface area contributed by atoms with Crippen LogP contribution in [-0.4, -0.2) is 47.9 Å². The summed E-state index contributed by atoms with van der Waals surface area (Å²) in [5.41, 5.74) is 12.8. The van der Waals surface area contributed by atoms with Gasteiger partial charge in [-0.05, 0) is 18.2 Å². The van der Waals surface area contributed by atoms with E-state index < -0.39 is 5.91 Å². The van der Waals surface area contributed by atoms with Gasteiger partial charge in [0.2, 0.25) is 0 Å². The monoisotopic (exact) mass is 371 g/mol. The zero-order chi connectivity index (χ0) is 18.3. The van der Waals surface area contributed by atoms with E-state index in [-0.39, 0.29) is 5.91 Å². The summed E-state index contributed by atoms with van der Waals surface area (Å²) in [7, 11) is 0. The van der Waals surface area contributed by atoms with Gasteiger partial charge in [-0.25, -0.2) is 4.98 Å². The molecular formula is C17H17N5O3S. The second-order valence-electron chi connectivity index (χ2n) is 5.98. The second kappa shape index (κ2) is 6.34. The molecule has 0 saturated carbocycles. The number of carbonyl (C=O) groups excluding carboxylic acids is 2. The summed E-state index contributed by atoms with van der Waals surface area (Å²) in [5, 5.41) is 0.747. The molecule has 0 unspecified atom stereocenters. The number of rotatable bonds is 3. The van der Waals surface area contributed by atoms with Crippen molar-refractivity contribution in [2.45, 2.75) is 0 Å². The van der Waals surface area contributed by atoms with Crippen LogP contribution < -0.4 is 16.4 Å². The average Bonchev–Trinajstić information content (AvgIpc) is 3.30. The van der Waals surface area contributed by atoms with Crippen molar-refractivity contribution in [3.63, 3.8) is 0 Å². The fourth-order valence-electron chi connectivity index (χ4n) is 3.18. The summed E-state index contributed by atoms with van der Waals surface area (Å²) in [5.74, 6) is -0.316. The smallest absolute Gasteiger partial charge is 0.289 e. The Morgan fingerprint density at radius 2 is 1.96 bits per heavy atom. The number of thiophene rings is 1. The number of nitrogens with zero attached hydrogens (tertiary/aromatic N) is 3. The summed E-state index contributed by atoms with van der Waals surface area (Å²) >= 11 is 1.20. The molecule has 0 aromatic carbocycles. The fraction of sp³-hybridized carbons (Fsp3) is 0.235. The van der Waals surface area contributed by atoms with Gasteiger partial charge < -0.3 is 25.7 Å². The Labute approximate surface area is 153 Å². The summed E-state index contributed by atoms with van der Waals surface area (Å²) in [6.07, 6.45) is 3.19. The normalized spacial score (nSPS) is 14.8. The third-order valence-corrected chi connectivity index (χ3v) is 5.60. The van der Waals surface area contributed by atoms with E-state index in [9.17, 15) is 9.59 Å². The summed E-state index contributed by atoms with van der Waals surface area (Å²) in [6.45, 7) is 2.42. The summed E-state index contributed by atoms with van der Waals surface area (Å²) in [6, 6.07) is 5.24. The highest BCUT2D eigenvalue weighted by Gasteiger charge is 2.26. The molecule has 0 bridgehead atoms. The number of nitrogens with two attached hydrogens (primary N) is 2. The number of carbonyl (C=O) groups is 2. The number of hydrogen-bond acceptors (Lipinski definition) is 7. The summed E-state index contributed by atoms with van der Waals surface area (Å²) in [4.78, 5) is 33.2. The van der Waals surface area contributed by atoms with Gasteiger partial charge in [0.15, 0.2) is 5.76 Å². The number of fused-ring (bicyclic) bond motifs is 1. The van der Waals surface area contributed by atoms with Gasteiger partial charge in [-0.3, -0.25) is 9.59 Å². The maximum atomic E-state index is 12.4. The third kappa shape index (κ3) is 2.66. The molecule has 8 nitrogen and oxygen atoms in total. The first-order valence-corrected chi connectivity index (χ1v) is 8.92. The number of hydrogen-bond donors (Lipinski definition) is 2. The van der Waals surface area contributed by atoms with Crippen LogP contribution in [0.1, 0.15) is 20.2 Å². The lowest BCUT2D eigenvalue weighted by Crippen LogP contribution is -2.48. The van der Waals surface area contributed by atoms with Crippen molar-refractivity contribution in [3.8, 4) is 0 Å². The number of furan rings is 1. The molecule has 4 heterocycles. The van der Waals surface area contributed by atoms with Crippen molar-refractivity contribution in [2.24, 2.45) is 5.73 Å². The average molecular weight is 371 g/mol. The van der Waals surface area contributed by atoms with E-state index in [4.69, 9.17) is 15.9 Å². The van der Waals surface area contributed by atoms with E-state index >= 15 is 0 Å². The minimum atomic E-state index is -0.551. The zero-order valence-electron chi connectivity index (χ0n) is 13.8. The van der Waals surface area contributed by atoms with E-state index in [0.29, 0.717) is 47.3 Å². The van der Waals surface area contributed by atoms with Gasteiger partial charge in [-0.15, -0.1) is 11.3 Å². The Morgan fingerprint density at radius 3 is 2.62 bits per heavy atom. The van der Waals surface area contributed by atoms with Gasteiger partial charge in [0, 0.05) is 32.4 Å². The number of aromatic nitrogens is 1. The lowest BCUT2D eigenvalue weighted by atomic mass is 10.2. The molecule has 1 fully saturated rings. The van der Waals surface area contributed by atoms with Gasteiger partial charge in [0.25, 0.3) is 11.8 Å². The van der Waals surface area contributed by atoms with Crippen molar-refractivity contribution in [1.82, 2.24) is 9.88 Å². The molecule has 3 aromatic rings. The molecule has 2 amide bonds. The van der Waals surface area contributed by atoms with Crippen molar-refractivity contribution in [2.75, 3.05) is 36.8 Å². The van der Waals surface area contributed by atoms with Crippen molar-refractivity contribution >= 4 is 44.7 Å². The molecule has 3 aromatic heterocycles. The molecular weight excluding hydrogens is 354 g/mol. The van der Waals surface area contributed by atoms with Crippen molar-refractivity contribution < 1.29 is 14.0 Å². The Kier molecular flexibility index (Phi) is 4.00. The first-order valence-electron chi connectivity index (χ1n) is 8.10. The standard InChI is InChI=1S/C17H17N5O3S/c18-13-12-10(3-4-20-16(12)26-14(13)15(19)23)21-5-7-22(8-6-21)17(24)11-2-1-9-25-11/h1-4,9H,5-8,18H2,(H2,19,23). The summed E-state index contributed by atoms with van der Waals surface area (Å²) < 4.78 is 5.19. The number of primary amides is 1. The molecule has 1 saturated heterocycles. The van der Waals surface area contributed by atoms with E-state index in [1.54, 1.807) is 23.2 Å². The zero-order valence-corrected chi connectivity index (χ0v) is 14.7. The predicted octanol–water partition coefficient (Wildman–Crippen LogP) is 1.53. The molecule has 9 heteroatoms. The highest BCUT2D eigenvalue weighted by atomic mass is 32.1. The molecule has 134 valence electrons. The number of anilines is 2. The molecule has 1 aliphatic heterocycles. The molecule has 0 spiro atoms. The SMILES string of the molecule is NC(=O)c1sc2nccc(N3CCN(C(=O)c4ccco4)CC3)c2c1N. The van der Waals surface area contributed by atoms with Crippen LogP contribution in [0.25, 0.3) is 10.2 Å². The fourth-order valence-corrected chi connectivity index (χ4v) is 4.12. The Morgan fingerprint density at radius 1 is 1.19 bits per heavy atom. The number of nitrogen functional groups attached to an aromatic ring is 1. The second-order valence-corrected chi connectivity index (χ2v) is 6.97. The molecule has 1 aliphatic rings. The lowest BCUT2D eigenvalue weighted by molar-refractivity contribution is 0.0714. The van der Waals surface area contributed by atoms with E-state index in [1.165, 1.54) is 17.6 Å². The lowest BCUT2D eigenvalue weighted by Gasteiger charge is -2.36. The largest absolute Gasteiger partial charge is 0.459 e. The van der Waals surface area contributed by atoms with Crippen LogP contribution in [0.2, 0.25) is 0 Å². The Hall–Kier alpha value is -3.07. The number of pyridine rings is 1. The maximum Gasteiger partial charge on any atom is 0.289 e. The third-order valence-electron chi connectivity index (χ3n) is 4.47. The van der Waals surface area contributed by atoms with Crippen LogP contribution in [0.15, 0.2) is 35.1 Å². The quantitative estimate of drug-likeness (QED) is 0.721. The molecule has 4 N–H and O–H groups in total. The molecule has 0 radical (unpaired) electrons. The van der Waals surface area contributed by atoms with Crippen molar-refractivity contribution in [1.29, 1.82) is 0 Å². The van der Waals surface area contributed by atoms with Crippen molar-refractivity contribution in [3.05, 3.63) is 41.3 Å². The van der Waals surface area contributed by atoms with Crippen LogP contribution in [0.5, 0.6) is 0 Å². The van der Waals surface area contributed by atoms with Gasteiger partial charge in [-0.2, -0.15) is 0 Å². The van der Waals surface area contributed by atoms with Gasteiger partial charge in [0.05, 0.1) is 23.0 Å². The van der Waals surface area contributed by atoms with Gasteiger partial charge in [0.1, 0.15) is 9.71 Å². The van der Waals surface area contributed by atoms with Crippen LogP contribution >= 0.6 is 11.3 Å². The number of amides is 2. The molecule has 26 heavy (non-hydrogen) atoms. The maximum absolute atomic E-state index is 12.4. The predicted molar refractivity (Wildman–Crippen MR) is 99.4 cm³/mol. The molecule has 4 rings (SSSR count). The minimum absolute atomic E-state index is 0.111. The highest BCUT2D eigenvalue weighted by Crippen LogP contribution is 2.38. The topological polar surface area (TPSA) is 119 Å². The molecule has 0 atom stereocenters. The van der Waals surface area contributed by atoms with E-state index in [0.717, 1.165) is 11.1 Å². The minimum Gasteiger partial charge on any atom is -0.459 e. The van der Waals surface area contributed by atoms with Crippen LogP contribution in [0.3, 0.4) is 0 Å². The highest BCUT2D eigenvalue weighted by molar-refractivity contribution is 7.21. The Bertz CT molecular complexity index is 974. The molecule has 0 aliphatic carbocycles. The van der Waals surface area contributed by atoms with E-state index in [1.807, 2.05) is 6.07 Å². The van der Waals surface area contributed by atoms with Crippen LogP contribution in [-0.2, 0) is 0 Å². The van der Waals surface area contributed by atoms with Gasteiger partial charge in [-0.1, -0.05) is 0 Å². The Balaban J connectivity index is 1.58. The first kappa shape index (κ1) is 16.4. The van der Waals surface area contributed by atoms with E-state index in [2.05, 4.69) is 9.88 Å². The first-order chi connectivity index (χ1) is 12.6. The number of piperazine rings is 1. The van der Waals surface area contributed by atoms with Crippen LogP contribution in [0.4, 0.5) is 11.4 Å². The van der Waals surface area contributed by atoms with Gasteiger partial charge >= 0.3 is 0 Å². The van der Waals surface area contributed by atoms with Crippen LogP contribution in [0, 0.1) is 0 Å².